The average Bonchev–Trinajstić information content (AvgIpc) is 2.76. The summed E-state index contributed by atoms with van der Waals surface area (Å²) < 4.78 is 0.791. The summed E-state index contributed by atoms with van der Waals surface area (Å²) in [5, 5.41) is 12.8. The number of hydrogen-bond donors (Lipinski definition) is 0. The molecular formula is C21H16N2O2. The van der Waals surface area contributed by atoms with Gasteiger partial charge in [-0.05, 0) is 36.4 Å². The molecule has 0 atom stereocenters. The van der Waals surface area contributed by atoms with Gasteiger partial charge in [-0.1, -0.05) is 48.5 Å². The van der Waals surface area contributed by atoms with Crippen LogP contribution in [0.1, 0.15) is 11.1 Å². The van der Waals surface area contributed by atoms with E-state index in [9.17, 15) is 10.0 Å². The summed E-state index contributed by atoms with van der Waals surface area (Å²) in [5.41, 5.74) is 3.53. The van der Waals surface area contributed by atoms with E-state index in [2.05, 4.69) is 0 Å². The zero-order valence-corrected chi connectivity index (χ0v) is 13.5. The Labute approximate surface area is 145 Å². The number of nitrogens with zero attached hydrogens (tertiary/aromatic N) is 2. The third kappa shape index (κ3) is 2.68. The maximum absolute atomic E-state index is 12.8. The highest BCUT2D eigenvalue weighted by atomic mass is 16.5. The topological polar surface area (TPSA) is 46.4 Å². The molecule has 0 spiro atoms. The molecule has 0 N–H and O–H groups in total. The summed E-state index contributed by atoms with van der Waals surface area (Å²) in [4.78, 5) is 14.5. The number of anilines is 2. The quantitative estimate of drug-likeness (QED) is 0.532. The highest BCUT2D eigenvalue weighted by molar-refractivity contribution is 6.17. The molecule has 1 heterocycles. The number of benzene rings is 3. The number of hydrogen-bond acceptors (Lipinski definition) is 2. The summed E-state index contributed by atoms with van der Waals surface area (Å²) in [6, 6.07) is 26.4. The van der Waals surface area contributed by atoms with E-state index in [1.807, 2.05) is 84.9 Å². The molecule has 122 valence electrons. The lowest BCUT2D eigenvalue weighted by molar-refractivity contribution is -0.443. The number of hydroxylamine groups is 1. The van der Waals surface area contributed by atoms with Gasteiger partial charge in [0.25, 0.3) is 5.91 Å². The molecule has 0 aliphatic carbocycles. The Morgan fingerprint density at radius 3 is 2.12 bits per heavy atom. The smallest absolute Gasteiger partial charge is 0.298 e. The molecule has 0 unspecified atom stereocenters. The van der Waals surface area contributed by atoms with Gasteiger partial charge in [0, 0.05) is 11.3 Å². The van der Waals surface area contributed by atoms with E-state index in [0.717, 1.165) is 27.2 Å². The van der Waals surface area contributed by atoms with Crippen LogP contribution in [0, 0.1) is 5.21 Å². The minimum Gasteiger partial charge on any atom is -0.623 e. The molecule has 0 saturated carbocycles. The Hall–Kier alpha value is -3.40. The molecule has 0 aromatic heterocycles. The predicted molar refractivity (Wildman–Crippen MR) is 98.2 cm³/mol. The number of fused-ring (bicyclic) bond motifs is 1. The average molecular weight is 328 g/mol. The summed E-state index contributed by atoms with van der Waals surface area (Å²) in [7, 11) is 0. The Kier molecular flexibility index (Phi) is 3.78. The van der Waals surface area contributed by atoms with Crippen LogP contribution in [0.15, 0.2) is 84.9 Å². The first-order valence-corrected chi connectivity index (χ1v) is 8.10. The van der Waals surface area contributed by atoms with Crippen LogP contribution in [0.5, 0.6) is 0 Å². The van der Waals surface area contributed by atoms with E-state index in [0.29, 0.717) is 5.71 Å². The molecule has 3 aromatic rings. The maximum Gasteiger partial charge on any atom is 0.298 e. The molecule has 0 radical (unpaired) electrons. The number of carbonyl (C=O) groups is 1. The molecule has 4 heteroatoms. The Morgan fingerprint density at radius 1 is 0.800 bits per heavy atom. The molecule has 3 aromatic carbocycles. The SMILES string of the molecule is O=C1C[N+]([O-])=C(c2ccccc2)c2ccccc2N1c1ccccc1. The second-order valence-corrected chi connectivity index (χ2v) is 5.83. The van der Waals surface area contributed by atoms with Gasteiger partial charge in [-0.2, -0.15) is 4.74 Å². The van der Waals surface area contributed by atoms with E-state index in [1.165, 1.54) is 0 Å². The third-order valence-electron chi connectivity index (χ3n) is 4.24. The summed E-state index contributed by atoms with van der Waals surface area (Å²) in [6.45, 7) is -0.228. The Morgan fingerprint density at radius 2 is 1.40 bits per heavy atom. The van der Waals surface area contributed by atoms with Gasteiger partial charge >= 0.3 is 0 Å². The van der Waals surface area contributed by atoms with Crippen LogP contribution in [0.2, 0.25) is 0 Å². The highest BCUT2D eigenvalue weighted by Gasteiger charge is 2.32. The van der Waals surface area contributed by atoms with Crippen LogP contribution in [-0.4, -0.2) is 22.9 Å². The van der Waals surface area contributed by atoms with Gasteiger partial charge in [0.05, 0.1) is 11.3 Å². The monoisotopic (exact) mass is 328 g/mol. The van der Waals surface area contributed by atoms with Crippen LogP contribution in [0.25, 0.3) is 0 Å². The second-order valence-electron chi connectivity index (χ2n) is 5.83. The van der Waals surface area contributed by atoms with Crippen molar-refractivity contribution in [3.63, 3.8) is 0 Å². The first-order chi connectivity index (χ1) is 12.3. The van der Waals surface area contributed by atoms with E-state index >= 15 is 0 Å². The van der Waals surface area contributed by atoms with Crippen LogP contribution in [0.3, 0.4) is 0 Å². The van der Waals surface area contributed by atoms with Gasteiger partial charge in [-0.25, -0.2) is 0 Å². The lowest BCUT2D eigenvalue weighted by Gasteiger charge is -2.21. The van der Waals surface area contributed by atoms with Crippen molar-refractivity contribution in [2.75, 3.05) is 11.4 Å². The van der Waals surface area contributed by atoms with Crippen molar-refractivity contribution in [3.8, 4) is 0 Å². The van der Waals surface area contributed by atoms with Gasteiger partial charge in [-0.3, -0.25) is 9.69 Å². The van der Waals surface area contributed by atoms with Gasteiger partial charge in [0.1, 0.15) is 0 Å². The molecule has 1 aliphatic heterocycles. The van der Waals surface area contributed by atoms with Crippen molar-refractivity contribution in [2.45, 2.75) is 0 Å². The highest BCUT2D eigenvalue weighted by Crippen LogP contribution is 2.32. The van der Waals surface area contributed by atoms with Crippen molar-refractivity contribution in [2.24, 2.45) is 0 Å². The standard InChI is InChI=1S/C21H16N2O2/c24-20-15-22(25)21(16-9-3-1-4-10-16)18-13-7-8-14-19(18)23(20)17-11-5-2-6-12-17/h1-14H,15H2. The van der Waals surface area contributed by atoms with Gasteiger partial charge in [0.15, 0.2) is 0 Å². The first kappa shape index (κ1) is 15.1. The second kappa shape index (κ2) is 6.24. The van der Waals surface area contributed by atoms with Crippen LogP contribution >= 0.6 is 0 Å². The Bertz CT molecular complexity index is 950. The van der Waals surface area contributed by atoms with Gasteiger partial charge < -0.3 is 5.21 Å². The zero-order valence-electron chi connectivity index (χ0n) is 13.5. The van der Waals surface area contributed by atoms with Crippen molar-refractivity contribution < 1.29 is 9.53 Å². The van der Waals surface area contributed by atoms with Crippen LogP contribution in [-0.2, 0) is 4.79 Å². The van der Waals surface area contributed by atoms with Crippen molar-refractivity contribution in [1.29, 1.82) is 0 Å². The lowest BCUT2D eigenvalue weighted by Crippen LogP contribution is -2.31. The summed E-state index contributed by atoms with van der Waals surface area (Å²) >= 11 is 0. The molecule has 0 bridgehead atoms. The van der Waals surface area contributed by atoms with E-state index in [4.69, 9.17) is 0 Å². The minimum atomic E-state index is -0.250. The first-order valence-electron chi connectivity index (χ1n) is 8.10. The zero-order chi connectivity index (χ0) is 17.2. The molecule has 0 fully saturated rings. The van der Waals surface area contributed by atoms with Crippen LogP contribution < -0.4 is 4.90 Å². The third-order valence-corrected chi connectivity index (χ3v) is 4.24. The number of para-hydroxylation sites is 2. The van der Waals surface area contributed by atoms with E-state index in [1.54, 1.807) is 4.90 Å². The van der Waals surface area contributed by atoms with Gasteiger partial charge in [-0.15, -0.1) is 0 Å². The van der Waals surface area contributed by atoms with Gasteiger partial charge in [0.2, 0.25) is 12.3 Å². The van der Waals surface area contributed by atoms with Crippen molar-refractivity contribution in [1.82, 2.24) is 0 Å². The van der Waals surface area contributed by atoms with Crippen molar-refractivity contribution >= 4 is 23.0 Å². The fourth-order valence-electron chi connectivity index (χ4n) is 3.17. The van der Waals surface area contributed by atoms with E-state index < -0.39 is 0 Å². The van der Waals surface area contributed by atoms with Crippen molar-refractivity contribution in [3.05, 3.63) is 101 Å². The fraction of sp³-hybridized carbons (Fsp3) is 0.0476. The van der Waals surface area contributed by atoms with Crippen LogP contribution in [0.4, 0.5) is 11.4 Å². The number of carbonyl (C=O) groups excluding carboxylic acids is 1. The molecule has 1 aliphatic rings. The summed E-state index contributed by atoms with van der Waals surface area (Å²) in [5.74, 6) is -0.250. The molecule has 4 nitrogen and oxygen atoms in total. The molecule has 4 rings (SSSR count). The molecule has 0 saturated heterocycles. The number of rotatable bonds is 2. The van der Waals surface area contributed by atoms with E-state index in [-0.39, 0.29) is 12.5 Å². The molecule has 1 amide bonds. The molecular weight excluding hydrogens is 312 g/mol. The Balaban J connectivity index is 1.96. The predicted octanol–water partition coefficient (Wildman–Crippen LogP) is 3.71. The fourth-order valence-corrected chi connectivity index (χ4v) is 3.17. The lowest BCUT2D eigenvalue weighted by atomic mass is 10.00. The number of amides is 1. The molecule has 25 heavy (non-hydrogen) atoms. The number of benzodiazepines with no additional fused rings is 1. The largest absolute Gasteiger partial charge is 0.623 e. The maximum atomic E-state index is 12.8. The minimum absolute atomic E-state index is 0.228. The summed E-state index contributed by atoms with van der Waals surface area (Å²) in [6.07, 6.45) is 0. The normalized spacial score (nSPS) is 14.2.